The van der Waals surface area contributed by atoms with Gasteiger partial charge < -0.3 is 14.2 Å². The largest absolute Gasteiger partial charge is 0.494 e. The number of aromatic nitrogens is 2. The average molecular weight is 321 g/mol. The summed E-state index contributed by atoms with van der Waals surface area (Å²) in [4.78, 5) is 24.1. The van der Waals surface area contributed by atoms with Gasteiger partial charge in [0.1, 0.15) is 22.4 Å². The van der Waals surface area contributed by atoms with Gasteiger partial charge in [0.15, 0.2) is 5.82 Å². The van der Waals surface area contributed by atoms with Crippen LogP contribution in [-0.4, -0.2) is 41.5 Å². The van der Waals surface area contributed by atoms with Gasteiger partial charge in [0, 0.05) is 6.20 Å². The fourth-order valence-corrected chi connectivity index (χ4v) is 2.02. The molecule has 1 N–H and O–H groups in total. The Hall–Kier alpha value is -2.77. The zero-order valence-electron chi connectivity index (χ0n) is 13.7. The second-order valence-electron chi connectivity index (χ2n) is 5.71. The zero-order chi connectivity index (χ0) is 17.2. The minimum absolute atomic E-state index is 0.0376. The third-order valence-electron chi connectivity index (χ3n) is 2.85. The Kier molecular flexibility index (Phi) is 4.44. The van der Waals surface area contributed by atoms with Gasteiger partial charge in [0.05, 0.1) is 14.2 Å². The van der Waals surface area contributed by atoms with Crippen molar-refractivity contribution in [3.05, 3.63) is 23.9 Å². The third-order valence-corrected chi connectivity index (χ3v) is 2.85. The Morgan fingerprint density at radius 1 is 1.26 bits per heavy atom. The first-order valence-electron chi connectivity index (χ1n) is 6.90. The van der Waals surface area contributed by atoms with Gasteiger partial charge in [-0.25, -0.2) is 14.1 Å². The van der Waals surface area contributed by atoms with E-state index >= 15 is 0 Å². The molecular formula is C15H19N3O5. The quantitative estimate of drug-likeness (QED) is 0.873. The molecule has 23 heavy (non-hydrogen) atoms. The van der Waals surface area contributed by atoms with E-state index in [0.717, 1.165) is 0 Å². The van der Waals surface area contributed by atoms with Crippen LogP contribution in [0.4, 0.5) is 10.6 Å². The minimum atomic E-state index is -0.718. The molecule has 2 rings (SSSR count). The molecule has 0 spiro atoms. The lowest BCUT2D eigenvalue weighted by Gasteiger charge is -2.19. The van der Waals surface area contributed by atoms with Gasteiger partial charge >= 0.3 is 12.1 Å². The summed E-state index contributed by atoms with van der Waals surface area (Å²) >= 11 is 0. The number of carbonyl (C=O) groups excluding carboxylic acids is 2. The number of nitrogens with zero attached hydrogens (tertiary/aromatic N) is 2. The van der Waals surface area contributed by atoms with Crippen molar-refractivity contribution in [1.29, 1.82) is 0 Å². The summed E-state index contributed by atoms with van der Waals surface area (Å²) < 4.78 is 16.6. The molecule has 0 saturated heterocycles. The molecule has 2 aromatic heterocycles. The number of rotatable bonds is 3. The van der Waals surface area contributed by atoms with Crippen LogP contribution in [-0.2, 0) is 9.47 Å². The van der Waals surface area contributed by atoms with Crippen LogP contribution < -0.4 is 10.1 Å². The maximum atomic E-state index is 12.1. The average Bonchev–Trinajstić information content (AvgIpc) is 2.81. The van der Waals surface area contributed by atoms with Gasteiger partial charge in [0.25, 0.3) is 0 Å². The van der Waals surface area contributed by atoms with Crippen LogP contribution >= 0.6 is 0 Å². The number of ether oxygens (including phenoxy) is 3. The summed E-state index contributed by atoms with van der Waals surface area (Å²) in [7, 11) is 2.73. The second-order valence-corrected chi connectivity index (χ2v) is 5.71. The first-order chi connectivity index (χ1) is 10.8. The van der Waals surface area contributed by atoms with E-state index in [1.54, 1.807) is 39.1 Å². The van der Waals surface area contributed by atoms with Crippen molar-refractivity contribution in [3.8, 4) is 5.75 Å². The Labute approximate surface area is 133 Å². The van der Waals surface area contributed by atoms with Crippen molar-refractivity contribution in [2.75, 3.05) is 19.5 Å². The second kappa shape index (κ2) is 6.15. The summed E-state index contributed by atoms with van der Waals surface area (Å²) in [5.74, 6) is -0.177. The number of hydrogen-bond acceptors (Lipinski definition) is 6. The number of esters is 1. The first-order valence-corrected chi connectivity index (χ1v) is 6.90. The van der Waals surface area contributed by atoms with Crippen molar-refractivity contribution in [2.45, 2.75) is 26.4 Å². The number of nitrogens with one attached hydrogen (secondary N) is 1. The minimum Gasteiger partial charge on any atom is -0.494 e. The van der Waals surface area contributed by atoms with E-state index in [0.29, 0.717) is 11.3 Å². The van der Waals surface area contributed by atoms with E-state index in [4.69, 9.17) is 14.2 Å². The van der Waals surface area contributed by atoms with E-state index in [1.165, 1.54) is 18.7 Å². The molecule has 1 amide bonds. The van der Waals surface area contributed by atoms with Crippen LogP contribution in [0.3, 0.4) is 0 Å². The number of anilines is 1. The molecule has 0 fully saturated rings. The monoisotopic (exact) mass is 321 g/mol. The van der Waals surface area contributed by atoms with E-state index in [1.807, 2.05) is 0 Å². The first kappa shape index (κ1) is 16.6. The van der Waals surface area contributed by atoms with Crippen molar-refractivity contribution in [2.24, 2.45) is 0 Å². The van der Waals surface area contributed by atoms with Crippen LogP contribution in [0.15, 0.2) is 18.3 Å². The molecule has 8 heteroatoms. The Morgan fingerprint density at radius 3 is 2.52 bits per heavy atom. The molecule has 2 aromatic rings. The highest BCUT2D eigenvalue weighted by molar-refractivity contribution is 6.06. The molecule has 0 unspecified atom stereocenters. The highest BCUT2D eigenvalue weighted by Gasteiger charge is 2.26. The van der Waals surface area contributed by atoms with Gasteiger partial charge in [-0.3, -0.25) is 5.32 Å². The smallest absolute Gasteiger partial charge is 0.413 e. The molecule has 0 bridgehead atoms. The lowest BCUT2D eigenvalue weighted by atomic mass is 10.2. The zero-order valence-corrected chi connectivity index (χ0v) is 13.7. The highest BCUT2D eigenvalue weighted by Crippen LogP contribution is 2.29. The Balaban J connectivity index is 2.51. The van der Waals surface area contributed by atoms with Crippen LogP contribution in [0.5, 0.6) is 5.75 Å². The molecule has 0 saturated carbocycles. The molecule has 0 radical (unpaired) electrons. The third kappa shape index (κ3) is 3.53. The Bertz CT molecular complexity index is 745. The predicted octanol–water partition coefficient (Wildman–Crippen LogP) is 2.48. The molecule has 0 aliphatic heterocycles. The fourth-order valence-electron chi connectivity index (χ4n) is 2.02. The van der Waals surface area contributed by atoms with Gasteiger partial charge in [0.2, 0.25) is 0 Å². The van der Waals surface area contributed by atoms with Gasteiger partial charge in [-0.1, -0.05) is 0 Å². The lowest BCUT2D eigenvalue weighted by Crippen LogP contribution is -2.27. The summed E-state index contributed by atoms with van der Waals surface area (Å²) in [5, 5.41) is 6.66. The topological polar surface area (TPSA) is 91.2 Å². The lowest BCUT2D eigenvalue weighted by molar-refractivity contribution is 0.0604. The number of hydrogen-bond donors (Lipinski definition) is 1. The van der Waals surface area contributed by atoms with E-state index in [-0.39, 0.29) is 11.4 Å². The summed E-state index contributed by atoms with van der Waals surface area (Å²) in [6, 6.07) is 3.39. The van der Waals surface area contributed by atoms with Crippen LogP contribution in [0, 0.1) is 0 Å². The molecule has 0 atom stereocenters. The van der Waals surface area contributed by atoms with Gasteiger partial charge in [-0.05, 0) is 32.9 Å². The van der Waals surface area contributed by atoms with Crippen molar-refractivity contribution in [3.63, 3.8) is 0 Å². The molecule has 8 nitrogen and oxygen atoms in total. The SMILES string of the molecule is COC(=O)c1c(NC(=O)OC(C)(C)C)nn2cccc(OC)c12. The van der Waals surface area contributed by atoms with Crippen LogP contribution in [0.25, 0.3) is 5.52 Å². The van der Waals surface area contributed by atoms with Crippen LogP contribution in [0.2, 0.25) is 0 Å². The molecule has 0 aromatic carbocycles. The fraction of sp³-hybridized carbons (Fsp3) is 0.400. The predicted molar refractivity (Wildman–Crippen MR) is 82.9 cm³/mol. The van der Waals surface area contributed by atoms with Crippen molar-refractivity contribution >= 4 is 23.4 Å². The van der Waals surface area contributed by atoms with Gasteiger partial charge in [-0.15, -0.1) is 5.10 Å². The maximum Gasteiger partial charge on any atom is 0.413 e. The summed E-state index contributed by atoms with van der Waals surface area (Å²) in [6.07, 6.45) is 0.912. The summed E-state index contributed by atoms with van der Waals surface area (Å²) in [6.45, 7) is 5.21. The standard InChI is InChI=1S/C15H19N3O5/c1-15(2,3)23-14(20)16-12-10(13(19)22-5)11-9(21-4)7-6-8-18(11)17-12/h6-8H,1-5H3,(H,16,17,20). The summed E-state index contributed by atoms with van der Waals surface area (Å²) in [5.41, 5.74) is -0.185. The molecule has 0 aliphatic carbocycles. The highest BCUT2D eigenvalue weighted by atomic mass is 16.6. The number of pyridine rings is 1. The molecule has 0 aliphatic rings. The normalized spacial score (nSPS) is 11.2. The number of amides is 1. The molecule has 124 valence electrons. The number of methoxy groups -OCH3 is 2. The maximum absolute atomic E-state index is 12.1. The van der Waals surface area contributed by atoms with Crippen molar-refractivity contribution < 1.29 is 23.8 Å². The van der Waals surface area contributed by atoms with E-state index < -0.39 is 17.7 Å². The van der Waals surface area contributed by atoms with E-state index in [2.05, 4.69) is 10.4 Å². The van der Waals surface area contributed by atoms with Crippen LogP contribution in [0.1, 0.15) is 31.1 Å². The molecular weight excluding hydrogens is 302 g/mol. The Morgan fingerprint density at radius 2 is 1.96 bits per heavy atom. The number of fused-ring (bicyclic) bond motifs is 1. The molecule has 2 heterocycles. The number of carbonyl (C=O) groups is 2. The van der Waals surface area contributed by atoms with E-state index in [9.17, 15) is 9.59 Å². The van der Waals surface area contributed by atoms with Gasteiger partial charge in [-0.2, -0.15) is 0 Å². The van der Waals surface area contributed by atoms with Crippen molar-refractivity contribution in [1.82, 2.24) is 9.61 Å².